The van der Waals surface area contributed by atoms with E-state index in [2.05, 4.69) is 4.98 Å². The molecule has 0 radical (unpaired) electrons. The lowest BCUT2D eigenvalue weighted by Gasteiger charge is -2.14. The number of pyridine rings is 1. The summed E-state index contributed by atoms with van der Waals surface area (Å²) < 4.78 is 0. The first-order valence-electron chi connectivity index (χ1n) is 3.57. The molecule has 2 unspecified atom stereocenters. The molecule has 0 saturated carbocycles. The van der Waals surface area contributed by atoms with Crippen LogP contribution in [0.4, 0.5) is 0 Å². The molecule has 2 atom stereocenters. The maximum absolute atomic E-state index is 9.41. The quantitative estimate of drug-likeness (QED) is 0.686. The first-order valence-corrected chi connectivity index (χ1v) is 4.11. The Bertz CT molecular complexity index is 230. The van der Waals surface area contributed by atoms with E-state index in [1.807, 2.05) is 0 Å². The van der Waals surface area contributed by atoms with Gasteiger partial charge in [-0.2, -0.15) is 0 Å². The molecule has 0 saturated heterocycles. The maximum Gasteiger partial charge on any atom is 0.108 e. The first-order chi connectivity index (χ1) is 5.75. The largest absolute Gasteiger partial charge is 0.389 e. The minimum atomic E-state index is -0.948. The van der Waals surface area contributed by atoms with Crippen molar-refractivity contribution in [2.45, 2.75) is 12.2 Å². The summed E-state index contributed by atoms with van der Waals surface area (Å²) in [6.07, 6.45) is 1.22. The van der Waals surface area contributed by atoms with Crippen molar-refractivity contribution in [1.82, 2.24) is 4.98 Å². The highest BCUT2D eigenvalue weighted by atomic mass is 35.5. The van der Waals surface area contributed by atoms with Crippen LogP contribution in [0, 0.1) is 0 Å². The number of nitrogens with zero attached hydrogens (tertiary/aromatic N) is 1. The Labute approximate surface area is 75.6 Å². The molecule has 1 rings (SSSR count). The van der Waals surface area contributed by atoms with E-state index in [1.54, 1.807) is 18.3 Å². The van der Waals surface area contributed by atoms with Gasteiger partial charge in [-0.3, -0.25) is 4.98 Å². The summed E-state index contributed by atoms with van der Waals surface area (Å²) in [5, 5.41) is 18.6. The number of aromatic nitrogens is 1. The predicted molar refractivity (Wildman–Crippen MR) is 45.9 cm³/mol. The lowest BCUT2D eigenvalue weighted by molar-refractivity contribution is 0.0325. The highest BCUT2D eigenvalue weighted by Gasteiger charge is 2.16. The lowest BCUT2D eigenvalue weighted by atomic mass is 10.1. The van der Waals surface area contributed by atoms with Crippen LogP contribution in [0.3, 0.4) is 0 Å². The number of alkyl halides is 1. The molecule has 12 heavy (non-hydrogen) atoms. The fourth-order valence-corrected chi connectivity index (χ4v) is 1.03. The van der Waals surface area contributed by atoms with Crippen molar-refractivity contribution in [3.05, 3.63) is 30.1 Å². The molecular weight excluding hydrogens is 178 g/mol. The van der Waals surface area contributed by atoms with Crippen molar-refractivity contribution in [3.63, 3.8) is 0 Å². The summed E-state index contributed by atoms with van der Waals surface area (Å²) in [6, 6.07) is 3.38. The third-order valence-electron chi connectivity index (χ3n) is 1.55. The van der Waals surface area contributed by atoms with E-state index in [1.165, 1.54) is 6.20 Å². The Morgan fingerprint density at radius 1 is 1.50 bits per heavy atom. The number of aliphatic hydroxyl groups excluding tert-OH is 2. The minimum Gasteiger partial charge on any atom is -0.389 e. The van der Waals surface area contributed by atoms with Crippen LogP contribution in [0.2, 0.25) is 0 Å². The molecule has 1 heterocycles. The van der Waals surface area contributed by atoms with E-state index < -0.39 is 12.2 Å². The van der Waals surface area contributed by atoms with Gasteiger partial charge in [-0.1, -0.05) is 6.07 Å². The van der Waals surface area contributed by atoms with Crippen LogP contribution in [0.25, 0.3) is 0 Å². The summed E-state index contributed by atoms with van der Waals surface area (Å²) in [4.78, 5) is 3.81. The van der Waals surface area contributed by atoms with Gasteiger partial charge in [0.25, 0.3) is 0 Å². The predicted octanol–water partition coefficient (Wildman–Crippen LogP) is 0.715. The molecule has 4 heteroatoms. The van der Waals surface area contributed by atoms with Crippen molar-refractivity contribution < 1.29 is 10.2 Å². The molecular formula is C8H10ClNO2. The second-order valence-corrected chi connectivity index (χ2v) is 2.76. The van der Waals surface area contributed by atoms with E-state index in [0.29, 0.717) is 5.56 Å². The monoisotopic (exact) mass is 187 g/mol. The SMILES string of the molecule is OC(CCl)C(O)c1cccnc1. The molecule has 0 aliphatic heterocycles. The molecule has 0 aliphatic rings. The number of hydrogen-bond acceptors (Lipinski definition) is 3. The molecule has 0 fully saturated rings. The Kier molecular flexibility index (Phi) is 3.47. The summed E-state index contributed by atoms with van der Waals surface area (Å²) >= 11 is 5.37. The van der Waals surface area contributed by atoms with Crippen molar-refractivity contribution >= 4 is 11.6 Å². The topological polar surface area (TPSA) is 53.4 Å². The average molecular weight is 188 g/mol. The number of halogens is 1. The van der Waals surface area contributed by atoms with Gasteiger partial charge in [-0.15, -0.1) is 11.6 Å². The lowest BCUT2D eigenvalue weighted by Crippen LogP contribution is -2.19. The minimum absolute atomic E-state index is 0.00998. The Balaban J connectivity index is 2.71. The molecule has 1 aromatic rings. The van der Waals surface area contributed by atoms with Gasteiger partial charge in [0.15, 0.2) is 0 Å². The van der Waals surface area contributed by atoms with Gasteiger partial charge in [0.2, 0.25) is 0 Å². The summed E-state index contributed by atoms with van der Waals surface area (Å²) in [5.74, 6) is 0.00998. The van der Waals surface area contributed by atoms with E-state index >= 15 is 0 Å². The van der Waals surface area contributed by atoms with Crippen molar-refractivity contribution in [1.29, 1.82) is 0 Å². The van der Waals surface area contributed by atoms with Gasteiger partial charge < -0.3 is 10.2 Å². The van der Waals surface area contributed by atoms with Crippen LogP contribution < -0.4 is 0 Å². The fraction of sp³-hybridized carbons (Fsp3) is 0.375. The number of rotatable bonds is 3. The summed E-state index contributed by atoms with van der Waals surface area (Å²) in [6.45, 7) is 0. The Hall–Kier alpha value is -0.640. The van der Waals surface area contributed by atoms with Crippen LogP contribution in [0.5, 0.6) is 0 Å². The van der Waals surface area contributed by atoms with Gasteiger partial charge in [0, 0.05) is 18.0 Å². The van der Waals surface area contributed by atoms with Gasteiger partial charge in [0.05, 0.1) is 12.0 Å². The summed E-state index contributed by atoms with van der Waals surface area (Å²) in [5.41, 5.74) is 0.575. The molecule has 0 aliphatic carbocycles. The Morgan fingerprint density at radius 3 is 2.75 bits per heavy atom. The van der Waals surface area contributed by atoms with Gasteiger partial charge >= 0.3 is 0 Å². The Morgan fingerprint density at radius 2 is 2.25 bits per heavy atom. The van der Waals surface area contributed by atoms with Gasteiger partial charge in [-0.25, -0.2) is 0 Å². The molecule has 0 bridgehead atoms. The standard InChI is InChI=1S/C8H10ClNO2/c9-4-7(11)8(12)6-2-1-3-10-5-6/h1-3,5,7-8,11-12H,4H2. The zero-order chi connectivity index (χ0) is 8.97. The van der Waals surface area contributed by atoms with Crippen LogP contribution in [0.1, 0.15) is 11.7 Å². The van der Waals surface area contributed by atoms with Gasteiger partial charge in [-0.05, 0) is 6.07 Å². The molecule has 1 aromatic heterocycles. The first kappa shape index (κ1) is 9.45. The molecule has 66 valence electrons. The van der Waals surface area contributed by atoms with E-state index in [9.17, 15) is 10.2 Å². The maximum atomic E-state index is 9.41. The highest BCUT2D eigenvalue weighted by Crippen LogP contribution is 2.15. The third-order valence-corrected chi connectivity index (χ3v) is 1.86. The average Bonchev–Trinajstić information content (AvgIpc) is 2.17. The molecule has 0 spiro atoms. The van der Waals surface area contributed by atoms with Gasteiger partial charge in [0.1, 0.15) is 6.10 Å². The van der Waals surface area contributed by atoms with E-state index in [-0.39, 0.29) is 5.88 Å². The fourth-order valence-electron chi connectivity index (χ4n) is 0.857. The summed E-state index contributed by atoms with van der Waals surface area (Å²) in [7, 11) is 0. The number of hydrogen-bond donors (Lipinski definition) is 2. The zero-order valence-corrected chi connectivity index (χ0v) is 7.15. The van der Waals surface area contributed by atoms with E-state index in [0.717, 1.165) is 0 Å². The second kappa shape index (κ2) is 4.40. The molecule has 0 aromatic carbocycles. The van der Waals surface area contributed by atoms with Crippen molar-refractivity contribution in [3.8, 4) is 0 Å². The molecule has 0 amide bonds. The molecule has 2 N–H and O–H groups in total. The van der Waals surface area contributed by atoms with Crippen molar-refractivity contribution in [2.24, 2.45) is 0 Å². The zero-order valence-electron chi connectivity index (χ0n) is 6.39. The second-order valence-electron chi connectivity index (χ2n) is 2.45. The normalized spacial score (nSPS) is 15.6. The van der Waals surface area contributed by atoms with Crippen LogP contribution >= 0.6 is 11.6 Å². The highest BCUT2D eigenvalue weighted by molar-refractivity contribution is 6.18. The third kappa shape index (κ3) is 2.17. The van der Waals surface area contributed by atoms with Crippen LogP contribution in [-0.4, -0.2) is 27.2 Å². The van der Waals surface area contributed by atoms with Crippen molar-refractivity contribution in [2.75, 3.05) is 5.88 Å². The van der Waals surface area contributed by atoms with E-state index in [4.69, 9.17) is 11.6 Å². The number of aliphatic hydroxyl groups is 2. The van der Waals surface area contributed by atoms with Crippen LogP contribution in [-0.2, 0) is 0 Å². The van der Waals surface area contributed by atoms with Crippen LogP contribution in [0.15, 0.2) is 24.5 Å². The molecule has 3 nitrogen and oxygen atoms in total. The smallest absolute Gasteiger partial charge is 0.108 e.